The van der Waals surface area contributed by atoms with Crippen LogP contribution in [-0.2, 0) is 23.0 Å². The highest BCUT2D eigenvalue weighted by molar-refractivity contribution is 7.88. The molecule has 0 unspecified atom stereocenters. The van der Waals surface area contributed by atoms with Gasteiger partial charge in [-0.25, -0.2) is 13.1 Å². The number of amides is 1. The van der Waals surface area contributed by atoms with E-state index in [4.69, 9.17) is 0 Å². The lowest BCUT2D eigenvalue weighted by Crippen LogP contribution is -2.35. The van der Waals surface area contributed by atoms with Gasteiger partial charge < -0.3 is 5.32 Å². The quantitative estimate of drug-likeness (QED) is 0.839. The maximum absolute atomic E-state index is 12.2. The number of aromatic nitrogens is 3. The molecule has 1 aliphatic rings. The zero-order chi connectivity index (χ0) is 18.9. The number of rotatable bonds is 5. The molecule has 1 aromatic heterocycles. The van der Waals surface area contributed by atoms with Crippen LogP contribution in [0, 0.1) is 6.92 Å². The minimum Gasteiger partial charge on any atom is -0.351 e. The van der Waals surface area contributed by atoms with Gasteiger partial charge in [-0.3, -0.25) is 4.79 Å². The Morgan fingerprint density at radius 1 is 1.35 bits per heavy atom. The number of fused-ring (bicyclic) bond motifs is 1. The van der Waals surface area contributed by atoms with Gasteiger partial charge in [0.15, 0.2) is 5.69 Å². The lowest BCUT2D eigenvalue weighted by molar-refractivity contribution is 0.0948. The molecule has 0 radical (unpaired) electrons. The molecule has 1 N–H and O–H groups in total. The summed E-state index contributed by atoms with van der Waals surface area (Å²) in [7, 11) is -3.22. The molecule has 8 nitrogen and oxygen atoms in total. The van der Waals surface area contributed by atoms with Crippen molar-refractivity contribution in [2.24, 2.45) is 0 Å². The molecular formula is C17H23N5O3S. The highest BCUT2D eigenvalue weighted by Crippen LogP contribution is 2.27. The van der Waals surface area contributed by atoms with Gasteiger partial charge in [0, 0.05) is 19.6 Å². The molecule has 0 atom stereocenters. The molecular weight excluding hydrogens is 354 g/mol. The first-order valence-electron chi connectivity index (χ1n) is 8.59. The summed E-state index contributed by atoms with van der Waals surface area (Å²) < 4.78 is 26.8. The lowest BCUT2D eigenvalue weighted by Gasteiger charge is -2.28. The average Bonchev–Trinajstić information content (AvgIpc) is 2.99. The molecule has 1 amide bonds. The Morgan fingerprint density at radius 3 is 2.81 bits per heavy atom. The van der Waals surface area contributed by atoms with Crippen molar-refractivity contribution in [3.8, 4) is 5.69 Å². The Morgan fingerprint density at radius 2 is 2.12 bits per heavy atom. The number of carbonyl (C=O) groups is 1. The van der Waals surface area contributed by atoms with Crippen molar-refractivity contribution in [3.63, 3.8) is 0 Å². The SMILES string of the molecule is CCCNC(=O)c1nnn(-c2cccc3c2CCN(S(C)(=O)=O)C3)c1C. The third-order valence-electron chi connectivity index (χ3n) is 4.55. The third-order valence-corrected chi connectivity index (χ3v) is 5.80. The van der Waals surface area contributed by atoms with E-state index in [0.29, 0.717) is 37.4 Å². The van der Waals surface area contributed by atoms with E-state index in [0.717, 1.165) is 23.2 Å². The number of hydrogen-bond donors (Lipinski definition) is 1. The van der Waals surface area contributed by atoms with E-state index >= 15 is 0 Å². The molecule has 0 spiro atoms. The zero-order valence-corrected chi connectivity index (χ0v) is 16.0. The fourth-order valence-corrected chi connectivity index (χ4v) is 3.93. The van der Waals surface area contributed by atoms with E-state index in [2.05, 4.69) is 15.6 Å². The fraction of sp³-hybridized carbons (Fsp3) is 0.471. The highest BCUT2D eigenvalue weighted by Gasteiger charge is 2.26. The van der Waals surface area contributed by atoms with Gasteiger partial charge in [-0.15, -0.1) is 5.10 Å². The molecule has 3 rings (SSSR count). The zero-order valence-electron chi connectivity index (χ0n) is 15.2. The van der Waals surface area contributed by atoms with Crippen LogP contribution in [0.3, 0.4) is 0 Å². The second-order valence-electron chi connectivity index (χ2n) is 6.45. The summed E-state index contributed by atoms with van der Waals surface area (Å²) in [4.78, 5) is 12.2. The molecule has 2 heterocycles. The van der Waals surface area contributed by atoms with Crippen molar-refractivity contribution < 1.29 is 13.2 Å². The van der Waals surface area contributed by atoms with Crippen LogP contribution in [0.25, 0.3) is 5.69 Å². The third kappa shape index (κ3) is 3.49. The molecule has 0 bridgehead atoms. The lowest BCUT2D eigenvalue weighted by atomic mass is 9.99. The largest absolute Gasteiger partial charge is 0.351 e. The second-order valence-corrected chi connectivity index (χ2v) is 8.43. The van der Waals surface area contributed by atoms with Crippen molar-refractivity contribution in [1.29, 1.82) is 0 Å². The van der Waals surface area contributed by atoms with Crippen LogP contribution in [-0.4, -0.2) is 53.0 Å². The smallest absolute Gasteiger partial charge is 0.273 e. The van der Waals surface area contributed by atoms with Gasteiger partial charge >= 0.3 is 0 Å². The molecule has 0 fully saturated rings. The molecule has 0 aliphatic carbocycles. The van der Waals surface area contributed by atoms with E-state index in [1.165, 1.54) is 10.6 Å². The molecule has 1 aromatic carbocycles. The average molecular weight is 377 g/mol. The number of carbonyl (C=O) groups excluding carboxylic acids is 1. The van der Waals surface area contributed by atoms with E-state index < -0.39 is 10.0 Å². The van der Waals surface area contributed by atoms with Crippen LogP contribution >= 0.6 is 0 Å². The van der Waals surface area contributed by atoms with Gasteiger partial charge in [-0.05, 0) is 37.0 Å². The van der Waals surface area contributed by atoms with Gasteiger partial charge in [0.05, 0.1) is 17.6 Å². The maximum Gasteiger partial charge on any atom is 0.273 e. The van der Waals surface area contributed by atoms with Gasteiger partial charge in [0.25, 0.3) is 5.91 Å². The van der Waals surface area contributed by atoms with Crippen molar-refractivity contribution in [2.45, 2.75) is 33.2 Å². The minimum atomic E-state index is -3.22. The first-order valence-corrected chi connectivity index (χ1v) is 10.4. The van der Waals surface area contributed by atoms with Crippen LogP contribution < -0.4 is 5.32 Å². The summed E-state index contributed by atoms with van der Waals surface area (Å²) in [5.74, 6) is -0.233. The Labute approximate surface area is 153 Å². The number of benzene rings is 1. The Kier molecular flexibility index (Phi) is 5.10. The second kappa shape index (κ2) is 7.16. The first-order chi connectivity index (χ1) is 12.3. The Balaban J connectivity index is 1.95. The summed E-state index contributed by atoms with van der Waals surface area (Å²) >= 11 is 0. The van der Waals surface area contributed by atoms with Crippen LogP contribution in [0.2, 0.25) is 0 Å². The molecule has 26 heavy (non-hydrogen) atoms. The predicted molar refractivity (Wildman–Crippen MR) is 97.7 cm³/mol. The van der Waals surface area contributed by atoms with Crippen molar-refractivity contribution >= 4 is 15.9 Å². The standard InChI is InChI=1S/C17H23N5O3S/c1-4-9-18-17(23)16-12(2)22(20-19-16)15-7-5-6-13-11-21(26(3,24)25)10-8-14(13)15/h5-7H,4,8-11H2,1-3H3,(H,18,23). The normalized spacial score (nSPS) is 14.9. The van der Waals surface area contributed by atoms with E-state index in [-0.39, 0.29) is 5.91 Å². The van der Waals surface area contributed by atoms with E-state index in [1.807, 2.05) is 32.0 Å². The predicted octanol–water partition coefficient (Wildman–Crippen LogP) is 1.03. The van der Waals surface area contributed by atoms with Crippen LogP contribution in [0.5, 0.6) is 0 Å². The van der Waals surface area contributed by atoms with Crippen LogP contribution in [0.15, 0.2) is 18.2 Å². The van der Waals surface area contributed by atoms with Crippen molar-refractivity contribution in [3.05, 3.63) is 40.7 Å². The highest BCUT2D eigenvalue weighted by atomic mass is 32.2. The van der Waals surface area contributed by atoms with Crippen molar-refractivity contribution in [2.75, 3.05) is 19.3 Å². The van der Waals surface area contributed by atoms with Gasteiger partial charge in [0.1, 0.15) is 0 Å². The number of sulfonamides is 1. The van der Waals surface area contributed by atoms with Crippen molar-refractivity contribution in [1.82, 2.24) is 24.6 Å². The topological polar surface area (TPSA) is 97.2 Å². The van der Waals surface area contributed by atoms with E-state index in [9.17, 15) is 13.2 Å². The molecule has 0 saturated heterocycles. The summed E-state index contributed by atoms with van der Waals surface area (Å²) in [6.07, 6.45) is 2.67. The molecule has 1 aliphatic heterocycles. The Hall–Kier alpha value is -2.26. The van der Waals surface area contributed by atoms with Crippen LogP contribution in [0.1, 0.15) is 40.7 Å². The number of nitrogens with zero attached hydrogens (tertiary/aromatic N) is 4. The van der Waals surface area contributed by atoms with E-state index in [1.54, 1.807) is 4.68 Å². The Bertz CT molecular complexity index is 936. The monoisotopic (exact) mass is 377 g/mol. The molecule has 2 aromatic rings. The van der Waals surface area contributed by atoms with Gasteiger partial charge in [-0.1, -0.05) is 24.3 Å². The summed E-state index contributed by atoms with van der Waals surface area (Å²) in [6, 6.07) is 5.72. The molecule has 140 valence electrons. The maximum atomic E-state index is 12.2. The fourth-order valence-electron chi connectivity index (χ4n) is 3.13. The van der Waals surface area contributed by atoms with Gasteiger partial charge in [-0.2, -0.15) is 4.31 Å². The summed E-state index contributed by atoms with van der Waals surface area (Å²) in [5, 5.41) is 11.0. The summed E-state index contributed by atoms with van der Waals surface area (Å²) in [6.45, 7) is 5.17. The number of hydrogen-bond acceptors (Lipinski definition) is 5. The van der Waals surface area contributed by atoms with Gasteiger partial charge in [0.2, 0.25) is 10.0 Å². The first kappa shape index (κ1) is 18.5. The minimum absolute atomic E-state index is 0.233. The summed E-state index contributed by atoms with van der Waals surface area (Å²) in [5.41, 5.74) is 3.81. The van der Waals surface area contributed by atoms with Crippen LogP contribution in [0.4, 0.5) is 0 Å². The molecule has 9 heteroatoms. The molecule has 0 saturated carbocycles. The number of nitrogens with one attached hydrogen (secondary N) is 1.